The van der Waals surface area contributed by atoms with Crippen LogP contribution in [0.15, 0.2) is 18.2 Å². The van der Waals surface area contributed by atoms with Gasteiger partial charge in [0.15, 0.2) is 0 Å². The molecule has 0 bridgehead atoms. The number of carbonyl (C=O) groups is 1. The third-order valence-electron chi connectivity index (χ3n) is 4.38. The zero-order chi connectivity index (χ0) is 17.0. The van der Waals surface area contributed by atoms with Crippen molar-refractivity contribution in [2.24, 2.45) is 5.92 Å². The molecule has 0 saturated carbocycles. The lowest BCUT2D eigenvalue weighted by Gasteiger charge is -2.36. The first-order valence-corrected chi connectivity index (χ1v) is 7.75. The van der Waals surface area contributed by atoms with Gasteiger partial charge in [-0.25, -0.2) is 4.79 Å². The van der Waals surface area contributed by atoms with E-state index in [2.05, 4.69) is 10.6 Å². The van der Waals surface area contributed by atoms with Crippen LogP contribution in [0.25, 0.3) is 0 Å². The second-order valence-electron chi connectivity index (χ2n) is 6.26. The van der Waals surface area contributed by atoms with Gasteiger partial charge in [0.05, 0.1) is 10.5 Å². The van der Waals surface area contributed by atoms with Gasteiger partial charge in [0.1, 0.15) is 11.3 Å². The summed E-state index contributed by atoms with van der Waals surface area (Å²) in [5.74, 6) is -0.251. The number of nitro groups is 1. The van der Waals surface area contributed by atoms with E-state index in [0.717, 1.165) is 25.9 Å². The average Bonchev–Trinajstić information content (AvgIpc) is 2.54. The largest absolute Gasteiger partial charge is 0.456 e. The number of hydrogen-bond donors (Lipinski definition) is 2. The smallest absolute Gasteiger partial charge is 0.338 e. The lowest BCUT2D eigenvalue weighted by molar-refractivity contribution is -0.384. The maximum atomic E-state index is 12.4. The molecule has 1 fully saturated rings. The van der Waals surface area contributed by atoms with Gasteiger partial charge in [-0.2, -0.15) is 0 Å². The molecule has 1 aromatic carbocycles. The fourth-order valence-electron chi connectivity index (χ4n) is 2.92. The highest BCUT2D eigenvalue weighted by molar-refractivity contribution is 5.91. The number of hydrogen-bond acceptors (Lipinski definition) is 6. The first kappa shape index (κ1) is 17.2. The molecule has 2 N–H and O–H groups in total. The van der Waals surface area contributed by atoms with Gasteiger partial charge in [0.2, 0.25) is 0 Å². The molecule has 1 aliphatic heterocycles. The standard InChI is InChI=1S/C16H23N3O4/c1-16(2,12-6-8-18-9-7-12)23-15(20)11-4-5-13(17-3)14(10-11)19(21)22/h4-5,10,12,17-18H,6-9H2,1-3H3. The van der Waals surface area contributed by atoms with Gasteiger partial charge in [0.25, 0.3) is 5.69 Å². The van der Waals surface area contributed by atoms with Gasteiger partial charge in [-0.15, -0.1) is 0 Å². The van der Waals surface area contributed by atoms with Gasteiger partial charge in [0, 0.05) is 19.0 Å². The number of ether oxygens (including phenoxy) is 1. The highest BCUT2D eigenvalue weighted by Crippen LogP contribution is 2.31. The molecule has 0 amide bonds. The maximum Gasteiger partial charge on any atom is 0.338 e. The van der Waals surface area contributed by atoms with Gasteiger partial charge < -0.3 is 15.4 Å². The predicted octanol–water partition coefficient (Wildman–Crippen LogP) is 2.57. The number of nitrogens with one attached hydrogen (secondary N) is 2. The number of piperidine rings is 1. The first-order valence-electron chi connectivity index (χ1n) is 7.75. The van der Waals surface area contributed by atoms with Crippen molar-refractivity contribution in [2.75, 3.05) is 25.5 Å². The highest BCUT2D eigenvalue weighted by Gasteiger charge is 2.34. The Labute approximate surface area is 135 Å². The van der Waals surface area contributed by atoms with Crippen molar-refractivity contribution in [2.45, 2.75) is 32.3 Å². The van der Waals surface area contributed by atoms with Crippen molar-refractivity contribution in [1.82, 2.24) is 5.32 Å². The van der Waals surface area contributed by atoms with Crippen molar-refractivity contribution >= 4 is 17.3 Å². The van der Waals surface area contributed by atoms with Crippen LogP contribution in [0.4, 0.5) is 11.4 Å². The van der Waals surface area contributed by atoms with Crippen molar-refractivity contribution in [1.29, 1.82) is 0 Å². The lowest BCUT2D eigenvalue weighted by atomic mass is 9.83. The van der Waals surface area contributed by atoms with E-state index in [9.17, 15) is 14.9 Å². The van der Waals surface area contributed by atoms with Gasteiger partial charge in [-0.1, -0.05) is 0 Å². The Morgan fingerprint density at radius 3 is 2.61 bits per heavy atom. The summed E-state index contributed by atoms with van der Waals surface area (Å²) in [6.07, 6.45) is 1.89. The summed E-state index contributed by atoms with van der Waals surface area (Å²) in [6, 6.07) is 4.32. The summed E-state index contributed by atoms with van der Waals surface area (Å²) in [7, 11) is 1.60. The Balaban J connectivity index is 2.16. The maximum absolute atomic E-state index is 12.4. The molecule has 1 heterocycles. The van der Waals surface area contributed by atoms with Crippen LogP contribution in [0.1, 0.15) is 37.0 Å². The van der Waals surface area contributed by atoms with E-state index < -0.39 is 16.5 Å². The van der Waals surface area contributed by atoms with Crippen molar-refractivity contribution < 1.29 is 14.5 Å². The lowest BCUT2D eigenvalue weighted by Crippen LogP contribution is -2.42. The summed E-state index contributed by atoms with van der Waals surface area (Å²) >= 11 is 0. The predicted molar refractivity (Wildman–Crippen MR) is 87.7 cm³/mol. The fraction of sp³-hybridized carbons (Fsp3) is 0.562. The van der Waals surface area contributed by atoms with Gasteiger partial charge in [-0.3, -0.25) is 10.1 Å². The molecule has 0 unspecified atom stereocenters. The van der Waals surface area contributed by atoms with E-state index in [1.54, 1.807) is 13.1 Å². The minimum Gasteiger partial charge on any atom is -0.456 e. The Bertz CT molecular complexity index is 595. The Morgan fingerprint density at radius 1 is 1.39 bits per heavy atom. The minimum absolute atomic E-state index is 0.137. The number of rotatable bonds is 5. The van der Waals surface area contributed by atoms with Crippen LogP contribution in [0, 0.1) is 16.0 Å². The van der Waals surface area contributed by atoms with Crippen molar-refractivity contribution in [3.05, 3.63) is 33.9 Å². The molecular formula is C16H23N3O4. The topological polar surface area (TPSA) is 93.5 Å². The van der Waals surface area contributed by atoms with E-state index in [-0.39, 0.29) is 17.2 Å². The van der Waals surface area contributed by atoms with E-state index in [0.29, 0.717) is 5.69 Å². The molecule has 0 radical (unpaired) electrons. The fourth-order valence-corrected chi connectivity index (χ4v) is 2.92. The summed E-state index contributed by atoms with van der Waals surface area (Å²) < 4.78 is 5.66. The summed E-state index contributed by atoms with van der Waals surface area (Å²) in [5.41, 5.74) is -0.182. The molecule has 23 heavy (non-hydrogen) atoms. The molecule has 1 saturated heterocycles. The van der Waals surface area contributed by atoms with Crippen molar-refractivity contribution in [3.63, 3.8) is 0 Å². The highest BCUT2D eigenvalue weighted by atomic mass is 16.6. The molecule has 2 rings (SSSR count). The average molecular weight is 321 g/mol. The zero-order valence-electron chi connectivity index (χ0n) is 13.7. The second-order valence-corrected chi connectivity index (χ2v) is 6.26. The normalized spacial score (nSPS) is 16.0. The molecule has 0 aromatic heterocycles. The van der Waals surface area contributed by atoms with Crippen LogP contribution in [0.2, 0.25) is 0 Å². The van der Waals surface area contributed by atoms with Crippen LogP contribution in [-0.4, -0.2) is 36.6 Å². The molecular weight excluding hydrogens is 298 g/mol. The van der Waals surface area contributed by atoms with Crippen LogP contribution in [0.5, 0.6) is 0 Å². The summed E-state index contributed by atoms with van der Waals surface area (Å²) in [5, 5.41) is 17.1. The number of nitro benzene ring substituents is 1. The second kappa shape index (κ2) is 6.95. The van der Waals surface area contributed by atoms with E-state index >= 15 is 0 Å². The minimum atomic E-state index is -0.602. The Hall–Kier alpha value is -2.15. The monoisotopic (exact) mass is 321 g/mol. The SMILES string of the molecule is CNc1ccc(C(=O)OC(C)(C)C2CCNCC2)cc1[N+](=O)[O-]. The molecule has 7 heteroatoms. The number of anilines is 1. The Kier molecular flexibility index (Phi) is 5.20. The molecule has 1 aromatic rings. The van der Waals surface area contributed by atoms with Gasteiger partial charge >= 0.3 is 5.97 Å². The van der Waals surface area contributed by atoms with Gasteiger partial charge in [-0.05, 0) is 51.9 Å². The van der Waals surface area contributed by atoms with Crippen LogP contribution in [-0.2, 0) is 4.74 Å². The third-order valence-corrected chi connectivity index (χ3v) is 4.38. The number of esters is 1. The molecule has 0 atom stereocenters. The molecule has 7 nitrogen and oxygen atoms in total. The zero-order valence-corrected chi connectivity index (χ0v) is 13.7. The van der Waals surface area contributed by atoms with Crippen LogP contribution >= 0.6 is 0 Å². The number of benzene rings is 1. The van der Waals surface area contributed by atoms with Crippen LogP contribution < -0.4 is 10.6 Å². The van der Waals surface area contributed by atoms with E-state index in [4.69, 9.17) is 4.74 Å². The summed E-state index contributed by atoms with van der Waals surface area (Å²) in [4.78, 5) is 23.0. The number of carbonyl (C=O) groups excluding carboxylic acids is 1. The van der Waals surface area contributed by atoms with Crippen LogP contribution in [0.3, 0.4) is 0 Å². The molecule has 0 aliphatic carbocycles. The quantitative estimate of drug-likeness (QED) is 0.492. The Morgan fingerprint density at radius 2 is 2.04 bits per heavy atom. The third kappa shape index (κ3) is 3.98. The van der Waals surface area contributed by atoms with E-state index in [1.807, 2.05) is 13.8 Å². The summed E-state index contributed by atoms with van der Waals surface area (Å²) in [6.45, 7) is 5.62. The number of nitrogens with zero attached hydrogens (tertiary/aromatic N) is 1. The molecule has 1 aliphatic rings. The molecule has 0 spiro atoms. The van der Waals surface area contributed by atoms with Crippen molar-refractivity contribution in [3.8, 4) is 0 Å². The van der Waals surface area contributed by atoms with E-state index in [1.165, 1.54) is 12.1 Å². The molecule has 126 valence electrons. The first-order chi connectivity index (χ1) is 10.8.